The first kappa shape index (κ1) is 13.7. The Morgan fingerprint density at radius 1 is 1.21 bits per heavy atom. The van der Waals surface area contributed by atoms with Crippen LogP contribution in [0.1, 0.15) is 6.42 Å². The molecule has 0 aliphatic carbocycles. The highest BCUT2D eigenvalue weighted by molar-refractivity contribution is 7.91. The molecule has 0 saturated carbocycles. The van der Waals surface area contributed by atoms with Crippen LogP contribution in [0.5, 0.6) is 0 Å². The molecular formula is C6H12F3NO3S. The first-order valence-electron chi connectivity index (χ1n) is 3.88. The van der Waals surface area contributed by atoms with Crippen LogP contribution in [0.15, 0.2) is 0 Å². The Bertz CT molecular complexity index is 250. The van der Waals surface area contributed by atoms with Gasteiger partial charge in [-0.1, -0.05) is 0 Å². The second-order valence-electron chi connectivity index (χ2n) is 2.59. The van der Waals surface area contributed by atoms with Crippen LogP contribution in [0.2, 0.25) is 0 Å². The van der Waals surface area contributed by atoms with Crippen LogP contribution in [0, 0.1) is 0 Å². The van der Waals surface area contributed by atoms with E-state index in [1.807, 2.05) is 0 Å². The van der Waals surface area contributed by atoms with Crippen molar-refractivity contribution in [1.82, 2.24) is 0 Å². The zero-order valence-corrected chi connectivity index (χ0v) is 8.20. The van der Waals surface area contributed by atoms with Crippen LogP contribution in [-0.2, 0) is 14.6 Å². The first-order chi connectivity index (χ1) is 6.27. The van der Waals surface area contributed by atoms with Gasteiger partial charge in [0.2, 0.25) is 0 Å². The predicted molar refractivity (Wildman–Crippen MR) is 44.3 cm³/mol. The molecule has 14 heavy (non-hydrogen) atoms. The molecule has 0 spiro atoms. The number of sulfone groups is 1. The molecule has 0 aliphatic rings. The Hall–Kier alpha value is -0.340. The Labute approximate surface area is 80.1 Å². The molecule has 0 bridgehead atoms. The fourth-order valence-corrected chi connectivity index (χ4v) is 1.84. The molecule has 0 unspecified atom stereocenters. The zero-order valence-electron chi connectivity index (χ0n) is 7.38. The fraction of sp³-hybridized carbons (Fsp3) is 1.00. The summed E-state index contributed by atoms with van der Waals surface area (Å²) in [7, 11) is -3.47. The largest absolute Gasteiger partial charge is 0.522 e. The summed E-state index contributed by atoms with van der Waals surface area (Å²) in [4.78, 5) is 0. The van der Waals surface area contributed by atoms with Crippen molar-refractivity contribution in [3.05, 3.63) is 0 Å². The molecule has 8 heteroatoms. The minimum Gasteiger partial charge on any atom is -0.330 e. The summed E-state index contributed by atoms with van der Waals surface area (Å²) in [5.74, 6) is -0.836. The van der Waals surface area contributed by atoms with E-state index in [0.717, 1.165) is 0 Å². The number of rotatable bonds is 6. The van der Waals surface area contributed by atoms with Crippen molar-refractivity contribution in [3.8, 4) is 0 Å². The molecule has 0 rings (SSSR count). The van der Waals surface area contributed by atoms with Gasteiger partial charge < -0.3 is 5.73 Å². The van der Waals surface area contributed by atoms with E-state index in [1.54, 1.807) is 0 Å². The molecule has 0 heterocycles. The third-order valence-electron chi connectivity index (χ3n) is 1.32. The van der Waals surface area contributed by atoms with Crippen molar-refractivity contribution in [2.75, 3.05) is 24.7 Å². The number of hydrogen-bond acceptors (Lipinski definition) is 4. The summed E-state index contributed by atoms with van der Waals surface area (Å²) in [5, 5.41) is 0. The van der Waals surface area contributed by atoms with Crippen molar-refractivity contribution in [1.29, 1.82) is 0 Å². The standard InChI is InChI=1S/C6H12F3NO3S/c7-6(8,9)13-3-5-14(11,12)4-1-2-10/h1-5,10H2. The third kappa shape index (κ3) is 8.27. The maximum absolute atomic E-state index is 11.4. The third-order valence-corrected chi connectivity index (χ3v) is 3.02. The Balaban J connectivity index is 3.78. The second kappa shape index (κ2) is 5.52. The van der Waals surface area contributed by atoms with Gasteiger partial charge in [0.05, 0.1) is 18.1 Å². The van der Waals surface area contributed by atoms with E-state index in [0.29, 0.717) is 0 Å². The summed E-state index contributed by atoms with van der Waals surface area (Å²) in [6.45, 7) is -0.671. The maximum Gasteiger partial charge on any atom is 0.522 e. The van der Waals surface area contributed by atoms with E-state index >= 15 is 0 Å². The second-order valence-corrected chi connectivity index (χ2v) is 4.89. The Kier molecular flexibility index (Phi) is 5.38. The number of nitrogens with two attached hydrogens (primary N) is 1. The summed E-state index contributed by atoms with van der Waals surface area (Å²) >= 11 is 0. The lowest BCUT2D eigenvalue weighted by atomic mass is 10.5. The van der Waals surface area contributed by atoms with Crippen LogP contribution in [0.4, 0.5) is 13.2 Å². The molecule has 4 nitrogen and oxygen atoms in total. The van der Waals surface area contributed by atoms with Gasteiger partial charge in [0.15, 0.2) is 9.84 Å². The van der Waals surface area contributed by atoms with Gasteiger partial charge in [0.25, 0.3) is 0 Å². The number of alkyl halides is 3. The van der Waals surface area contributed by atoms with Gasteiger partial charge in [-0.3, -0.25) is 4.74 Å². The van der Waals surface area contributed by atoms with Crippen molar-refractivity contribution >= 4 is 9.84 Å². The zero-order chi connectivity index (χ0) is 11.2. The van der Waals surface area contributed by atoms with E-state index in [2.05, 4.69) is 4.74 Å². The van der Waals surface area contributed by atoms with Gasteiger partial charge in [-0.05, 0) is 13.0 Å². The molecule has 2 N–H and O–H groups in total. The van der Waals surface area contributed by atoms with E-state index in [-0.39, 0.29) is 18.7 Å². The van der Waals surface area contributed by atoms with Crippen molar-refractivity contribution in [2.45, 2.75) is 12.8 Å². The summed E-state index contributed by atoms with van der Waals surface area (Å²) < 4.78 is 59.6. The van der Waals surface area contributed by atoms with E-state index in [1.165, 1.54) is 0 Å². The van der Waals surface area contributed by atoms with Crippen LogP contribution < -0.4 is 5.73 Å². The SMILES string of the molecule is NCCCS(=O)(=O)CCOC(F)(F)F. The molecule has 0 aromatic carbocycles. The number of halogens is 3. The summed E-state index contributed by atoms with van der Waals surface area (Å²) in [5.41, 5.74) is 5.06. The van der Waals surface area contributed by atoms with Crippen molar-refractivity contribution in [3.63, 3.8) is 0 Å². The summed E-state index contributed by atoms with van der Waals surface area (Å²) in [6.07, 6.45) is -4.53. The van der Waals surface area contributed by atoms with Crippen LogP contribution in [0.25, 0.3) is 0 Å². The van der Waals surface area contributed by atoms with Gasteiger partial charge in [-0.15, -0.1) is 13.2 Å². The highest BCUT2D eigenvalue weighted by Gasteiger charge is 2.29. The van der Waals surface area contributed by atoms with Gasteiger partial charge in [-0.25, -0.2) is 8.42 Å². The number of ether oxygens (including phenoxy) is 1. The molecule has 86 valence electrons. The number of hydrogen-bond donors (Lipinski definition) is 1. The van der Waals surface area contributed by atoms with E-state index in [4.69, 9.17) is 5.73 Å². The molecule has 0 saturated heterocycles. The fourth-order valence-electron chi connectivity index (χ4n) is 0.690. The molecule has 0 amide bonds. The molecular weight excluding hydrogens is 223 g/mol. The van der Waals surface area contributed by atoms with E-state index < -0.39 is 28.6 Å². The smallest absolute Gasteiger partial charge is 0.330 e. The van der Waals surface area contributed by atoms with Gasteiger partial charge in [-0.2, -0.15) is 0 Å². The molecule has 0 radical (unpaired) electrons. The average Bonchev–Trinajstić information content (AvgIpc) is 1.98. The highest BCUT2D eigenvalue weighted by Crippen LogP contribution is 2.15. The van der Waals surface area contributed by atoms with Crippen LogP contribution in [-0.4, -0.2) is 39.4 Å². The molecule has 0 fully saturated rings. The van der Waals surface area contributed by atoms with Crippen molar-refractivity contribution in [2.24, 2.45) is 5.73 Å². The van der Waals surface area contributed by atoms with Gasteiger partial charge in [0.1, 0.15) is 0 Å². The highest BCUT2D eigenvalue weighted by atomic mass is 32.2. The first-order valence-corrected chi connectivity index (χ1v) is 5.70. The van der Waals surface area contributed by atoms with E-state index in [9.17, 15) is 21.6 Å². The maximum atomic E-state index is 11.4. The monoisotopic (exact) mass is 235 g/mol. The predicted octanol–water partition coefficient (Wildman–Crippen LogP) is 0.286. The summed E-state index contributed by atoms with van der Waals surface area (Å²) in [6, 6.07) is 0. The molecule has 0 aliphatic heterocycles. The molecule has 0 aromatic heterocycles. The topological polar surface area (TPSA) is 69.4 Å². The minimum atomic E-state index is -4.77. The quantitative estimate of drug-likeness (QED) is 0.718. The van der Waals surface area contributed by atoms with Crippen LogP contribution >= 0.6 is 0 Å². The van der Waals surface area contributed by atoms with Gasteiger partial charge in [0, 0.05) is 0 Å². The lowest BCUT2D eigenvalue weighted by Gasteiger charge is -2.07. The lowest BCUT2D eigenvalue weighted by Crippen LogP contribution is -2.22. The Morgan fingerprint density at radius 3 is 2.21 bits per heavy atom. The molecule has 0 aromatic rings. The van der Waals surface area contributed by atoms with Crippen molar-refractivity contribution < 1.29 is 26.3 Å². The molecule has 0 atom stereocenters. The minimum absolute atomic E-state index is 0.194. The lowest BCUT2D eigenvalue weighted by molar-refractivity contribution is -0.322. The normalized spacial score (nSPS) is 13.1. The van der Waals surface area contributed by atoms with Gasteiger partial charge >= 0.3 is 6.36 Å². The average molecular weight is 235 g/mol. The Morgan fingerprint density at radius 2 is 1.79 bits per heavy atom. The van der Waals surface area contributed by atoms with Crippen LogP contribution in [0.3, 0.4) is 0 Å².